The molecule has 0 aromatic carbocycles. The van der Waals surface area contributed by atoms with Crippen LogP contribution in [-0.4, -0.2) is 44.5 Å². The van der Waals surface area contributed by atoms with Gasteiger partial charge in [0.25, 0.3) is 10.0 Å². The minimum atomic E-state index is -3.84. The lowest BCUT2D eigenvalue weighted by atomic mass is 10.4. The van der Waals surface area contributed by atoms with Crippen molar-refractivity contribution in [3.05, 3.63) is 18.3 Å². The molecular weight excluding hydrogens is 282 g/mol. The Morgan fingerprint density at radius 3 is 2.90 bits per heavy atom. The number of nitriles is 1. The first-order chi connectivity index (χ1) is 9.57. The lowest BCUT2D eigenvalue weighted by molar-refractivity contribution is 0.179. The summed E-state index contributed by atoms with van der Waals surface area (Å²) in [5.41, 5.74) is 2.50. The van der Waals surface area contributed by atoms with Crippen LogP contribution in [0.15, 0.2) is 23.4 Å². The topological polar surface area (TPSA) is 121 Å². The molecule has 3 N–H and O–H groups in total. The molecule has 0 spiro atoms. The van der Waals surface area contributed by atoms with Crippen LogP contribution in [0.25, 0.3) is 0 Å². The van der Waals surface area contributed by atoms with Crippen LogP contribution < -0.4 is 11.3 Å². The number of ether oxygens (including phenoxy) is 1. The molecule has 0 aliphatic heterocycles. The molecule has 0 amide bonds. The molecule has 8 nitrogen and oxygen atoms in total. The van der Waals surface area contributed by atoms with Crippen LogP contribution in [0.2, 0.25) is 0 Å². The molecule has 1 aromatic rings. The van der Waals surface area contributed by atoms with Crippen LogP contribution >= 0.6 is 0 Å². The van der Waals surface area contributed by atoms with Gasteiger partial charge in [0.05, 0.1) is 18.4 Å². The maximum atomic E-state index is 12.5. The fourth-order valence-electron chi connectivity index (χ4n) is 1.55. The van der Waals surface area contributed by atoms with E-state index in [1.165, 1.54) is 19.4 Å². The Bertz CT molecular complexity index is 570. The summed E-state index contributed by atoms with van der Waals surface area (Å²) in [6.45, 7) is 0.437. The summed E-state index contributed by atoms with van der Waals surface area (Å²) in [7, 11) is -2.36. The molecule has 0 atom stereocenters. The van der Waals surface area contributed by atoms with Gasteiger partial charge in [0.2, 0.25) is 0 Å². The largest absolute Gasteiger partial charge is 0.383 e. The van der Waals surface area contributed by atoms with Crippen molar-refractivity contribution in [2.24, 2.45) is 5.84 Å². The number of pyridine rings is 1. The summed E-state index contributed by atoms with van der Waals surface area (Å²) in [4.78, 5) is 3.86. The Balaban J connectivity index is 3.11. The van der Waals surface area contributed by atoms with E-state index in [-0.39, 0.29) is 36.8 Å². The van der Waals surface area contributed by atoms with Gasteiger partial charge in [0.15, 0.2) is 5.03 Å². The summed E-state index contributed by atoms with van der Waals surface area (Å²) in [5, 5.41) is 8.46. The number of nitrogens with two attached hydrogens (primary N) is 1. The first kappa shape index (κ1) is 16.3. The number of hydrazine groups is 1. The predicted molar refractivity (Wildman–Crippen MR) is 72.9 cm³/mol. The maximum Gasteiger partial charge on any atom is 0.262 e. The minimum Gasteiger partial charge on any atom is -0.383 e. The van der Waals surface area contributed by atoms with Gasteiger partial charge in [-0.05, 0) is 12.1 Å². The number of anilines is 1. The second-order valence-electron chi connectivity index (χ2n) is 3.81. The predicted octanol–water partition coefficient (Wildman–Crippen LogP) is -0.0820. The zero-order chi connectivity index (χ0) is 15.0. The first-order valence-electron chi connectivity index (χ1n) is 5.85. The summed E-state index contributed by atoms with van der Waals surface area (Å²) in [6.07, 6.45) is 1.45. The fourth-order valence-corrected chi connectivity index (χ4v) is 3.04. The van der Waals surface area contributed by atoms with Gasteiger partial charge in [-0.3, -0.25) is 5.84 Å². The standard InChI is InChI=1S/C11H17N5O3S/c1-19-9-8-16(7-3-5-12)20(17,18)11-10(15-13)4-2-6-14-11/h2,4,6,15H,3,7-9,13H2,1H3. The highest BCUT2D eigenvalue weighted by molar-refractivity contribution is 7.89. The Morgan fingerprint density at radius 1 is 1.55 bits per heavy atom. The molecule has 9 heteroatoms. The second kappa shape index (κ2) is 7.76. The van der Waals surface area contributed by atoms with E-state index in [4.69, 9.17) is 15.8 Å². The SMILES string of the molecule is COCCN(CCC#N)S(=O)(=O)c1ncccc1NN. The van der Waals surface area contributed by atoms with Gasteiger partial charge >= 0.3 is 0 Å². The quantitative estimate of drug-likeness (QED) is 0.508. The van der Waals surface area contributed by atoms with Crippen LogP contribution in [0.4, 0.5) is 5.69 Å². The molecule has 0 fully saturated rings. The summed E-state index contributed by atoms with van der Waals surface area (Å²) >= 11 is 0. The Kier molecular flexibility index (Phi) is 6.33. The zero-order valence-electron chi connectivity index (χ0n) is 11.1. The van der Waals surface area contributed by atoms with Crippen molar-refractivity contribution in [1.82, 2.24) is 9.29 Å². The van der Waals surface area contributed by atoms with Crippen molar-refractivity contribution < 1.29 is 13.2 Å². The summed E-state index contributed by atoms with van der Waals surface area (Å²) in [6, 6.07) is 5.00. The zero-order valence-corrected chi connectivity index (χ0v) is 11.9. The molecule has 1 heterocycles. The van der Waals surface area contributed by atoms with Gasteiger partial charge in [0.1, 0.15) is 0 Å². The van der Waals surface area contributed by atoms with Crippen molar-refractivity contribution in [2.75, 3.05) is 32.2 Å². The summed E-state index contributed by atoms with van der Waals surface area (Å²) in [5.74, 6) is 5.30. The van der Waals surface area contributed by atoms with Crippen molar-refractivity contribution >= 4 is 15.7 Å². The van der Waals surface area contributed by atoms with Crippen LogP contribution in [-0.2, 0) is 14.8 Å². The van der Waals surface area contributed by atoms with E-state index >= 15 is 0 Å². The number of sulfonamides is 1. The minimum absolute atomic E-state index is 0.0722. The normalized spacial score (nSPS) is 11.3. The van der Waals surface area contributed by atoms with Gasteiger partial charge in [-0.15, -0.1) is 0 Å². The van der Waals surface area contributed by atoms with E-state index < -0.39 is 10.0 Å². The Morgan fingerprint density at radius 2 is 2.30 bits per heavy atom. The molecule has 0 saturated carbocycles. The molecule has 1 aromatic heterocycles. The number of hydrogen-bond donors (Lipinski definition) is 2. The molecule has 20 heavy (non-hydrogen) atoms. The van der Waals surface area contributed by atoms with E-state index in [1.54, 1.807) is 6.07 Å². The number of nitrogens with zero attached hydrogens (tertiary/aromatic N) is 3. The van der Waals surface area contributed by atoms with Gasteiger partial charge in [-0.25, -0.2) is 13.4 Å². The van der Waals surface area contributed by atoms with E-state index in [9.17, 15) is 8.42 Å². The Labute approximate surface area is 118 Å². The highest BCUT2D eigenvalue weighted by Crippen LogP contribution is 2.21. The van der Waals surface area contributed by atoms with Gasteiger partial charge in [-0.2, -0.15) is 9.57 Å². The van der Waals surface area contributed by atoms with Gasteiger partial charge in [0, 0.05) is 32.8 Å². The average molecular weight is 299 g/mol. The smallest absolute Gasteiger partial charge is 0.262 e. The molecule has 0 aliphatic rings. The van der Waals surface area contributed by atoms with Crippen LogP contribution in [0.5, 0.6) is 0 Å². The molecular formula is C11H17N5O3S. The lowest BCUT2D eigenvalue weighted by Gasteiger charge is -2.21. The van der Waals surface area contributed by atoms with Crippen molar-refractivity contribution in [2.45, 2.75) is 11.4 Å². The lowest BCUT2D eigenvalue weighted by Crippen LogP contribution is -2.35. The molecule has 0 saturated heterocycles. The van der Waals surface area contributed by atoms with Crippen LogP contribution in [0, 0.1) is 11.3 Å². The average Bonchev–Trinajstić information content (AvgIpc) is 2.47. The van der Waals surface area contributed by atoms with Gasteiger partial charge in [-0.1, -0.05) is 0 Å². The molecule has 0 bridgehead atoms. The first-order valence-corrected chi connectivity index (χ1v) is 7.29. The monoisotopic (exact) mass is 299 g/mol. The number of rotatable bonds is 8. The van der Waals surface area contributed by atoms with Crippen molar-refractivity contribution in [3.8, 4) is 6.07 Å². The van der Waals surface area contributed by atoms with Crippen LogP contribution in [0.1, 0.15) is 6.42 Å². The molecule has 0 aliphatic carbocycles. The van der Waals surface area contributed by atoms with Crippen molar-refractivity contribution in [1.29, 1.82) is 5.26 Å². The summed E-state index contributed by atoms with van der Waals surface area (Å²) < 4.78 is 31.1. The molecule has 1 rings (SSSR count). The number of nitrogens with one attached hydrogen (secondary N) is 1. The highest BCUT2D eigenvalue weighted by atomic mass is 32.2. The number of nitrogen functional groups attached to an aromatic ring is 1. The van der Waals surface area contributed by atoms with E-state index in [2.05, 4.69) is 10.4 Å². The number of aromatic nitrogens is 1. The second-order valence-corrected chi connectivity index (χ2v) is 5.66. The third kappa shape index (κ3) is 3.88. The van der Waals surface area contributed by atoms with E-state index in [0.717, 1.165) is 4.31 Å². The molecule has 0 unspecified atom stereocenters. The maximum absolute atomic E-state index is 12.5. The van der Waals surface area contributed by atoms with Crippen LogP contribution in [0.3, 0.4) is 0 Å². The number of hydrogen-bond acceptors (Lipinski definition) is 7. The Hall–Kier alpha value is -1.73. The molecule has 0 radical (unpaired) electrons. The third-order valence-electron chi connectivity index (χ3n) is 2.53. The van der Waals surface area contributed by atoms with E-state index in [0.29, 0.717) is 0 Å². The van der Waals surface area contributed by atoms with E-state index in [1.807, 2.05) is 6.07 Å². The highest BCUT2D eigenvalue weighted by Gasteiger charge is 2.27. The fraction of sp³-hybridized carbons (Fsp3) is 0.455. The van der Waals surface area contributed by atoms with Crippen molar-refractivity contribution in [3.63, 3.8) is 0 Å². The third-order valence-corrected chi connectivity index (χ3v) is 4.39. The van der Waals surface area contributed by atoms with Gasteiger partial charge < -0.3 is 10.2 Å². The molecule has 110 valence electrons. The number of methoxy groups -OCH3 is 1.